The van der Waals surface area contributed by atoms with E-state index >= 15 is 0 Å². The van der Waals surface area contributed by atoms with Crippen LogP contribution >= 0.6 is 0 Å². The van der Waals surface area contributed by atoms with E-state index in [1.165, 1.54) is 6.92 Å². The Kier molecular flexibility index (Phi) is 4.18. The van der Waals surface area contributed by atoms with Crippen molar-refractivity contribution >= 4 is 18.0 Å². The summed E-state index contributed by atoms with van der Waals surface area (Å²) in [6, 6.07) is 1.76. The summed E-state index contributed by atoms with van der Waals surface area (Å²) in [7, 11) is 0. The van der Waals surface area contributed by atoms with Gasteiger partial charge < -0.3 is 15.2 Å². The van der Waals surface area contributed by atoms with Crippen LogP contribution in [-0.4, -0.2) is 35.5 Å². The molecule has 1 rings (SSSR count). The van der Waals surface area contributed by atoms with Crippen molar-refractivity contribution in [1.29, 1.82) is 5.26 Å². The van der Waals surface area contributed by atoms with Crippen molar-refractivity contribution in [2.45, 2.75) is 26.5 Å². The van der Waals surface area contributed by atoms with Crippen molar-refractivity contribution in [3.63, 3.8) is 0 Å². The predicted octanol–water partition coefficient (Wildman–Crippen LogP) is 0.0856. The molecule has 1 aliphatic rings. The normalized spacial score (nSPS) is 26.4. The monoisotopic (exact) mass is 250 g/mol. The third-order valence-electron chi connectivity index (χ3n) is 2.31. The summed E-state index contributed by atoms with van der Waals surface area (Å²) in [6.07, 6.45) is 1.08. The number of ether oxygens (including phenoxy) is 1. The minimum Gasteiger partial charge on any atom is -0.483 e. The Labute approximate surface area is 104 Å². The zero-order valence-electron chi connectivity index (χ0n) is 10.4. The minimum atomic E-state index is -1.51. The van der Waals surface area contributed by atoms with Crippen LogP contribution < -0.4 is 5.32 Å². The number of nitriles is 1. The Morgan fingerprint density at radius 2 is 2.44 bits per heavy atom. The summed E-state index contributed by atoms with van der Waals surface area (Å²) in [5.74, 6) is -0.657. The average molecular weight is 250 g/mol. The van der Waals surface area contributed by atoms with Crippen LogP contribution in [0.3, 0.4) is 0 Å². The molecule has 0 aromatic heterocycles. The van der Waals surface area contributed by atoms with Crippen molar-refractivity contribution in [3.05, 3.63) is 11.4 Å². The predicted molar refractivity (Wildman–Crippen MR) is 64.6 cm³/mol. The summed E-state index contributed by atoms with van der Waals surface area (Å²) in [6.45, 7) is 5.11. The smallest absolute Gasteiger partial charge is 0.275 e. The van der Waals surface area contributed by atoms with E-state index in [0.29, 0.717) is 6.61 Å². The summed E-state index contributed by atoms with van der Waals surface area (Å²) in [4.78, 5) is 19.3. The highest BCUT2D eigenvalue weighted by Crippen LogP contribution is 2.17. The van der Waals surface area contributed by atoms with Gasteiger partial charge in [-0.3, -0.25) is 4.79 Å². The Bertz CT molecular complexity index is 483. The molecule has 1 amide bonds. The van der Waals surface area contributed by atoms with E-state index in [9.17, 15) is 9.90 Å². The summed E-state index contributed by atoms with van der Waals surface area (Å²) in [5.41, 5.74) is -1.55. The van der Waals surface area contributed by atoms with E-state index in [0.717, 1.165) is 6.40 Å². The van der Waals surface area contributed by atoms with E-state index in [4.69, 9.17) is 10.00 Å². The Hall–Kier alpha value is -2.20. The molecule has 7 nitrogen and oxygen atoms in total. The van der Waals surface area contributed by atoms with Crippen LogP contribution in [0, 0.1) is 11.3 Å². The molecule has 1 aliphatic heterocycles. The summed E-state index contributed by atoms with van der Waals surface area (Å²) < 4.78 is 4.85. The highest BCUT2D eigenvalue weighted by molar-refractivity contribution is 6.06. The third-order valence-corrected chi connectivity index (χ3v) is 2.31. The number of hydrogen-bond acceptors (Lipinski definition) is 6. The van der Waals surface area contributed by atoms with Crippen LogP contribution in [0.4, 0.5) is 0 Å². The van der Waals surface area contributed by atoms with Crippen LogP contribution in [0.15, 0.2) is 21.4 Å². The quantitative estimate of drug-likeness (QED) is 0.320. The van der Waals surface area contributed by atoms with Crippen LogP contribution in [0.2, 0.25) is 0 Å². The first kappa shape index (κ1) is 13.9. The fourth-order valence-corrected chi connectivity index (χ4v) is 1.17. The van der Waals surface area contributed by atoms with Crippen molar-refractivity contribution < 1.29 is 14.6 Å². The first-order valence-electron chi connectivity index (χ1n) is 5.31. The molecule has 0 bridgehead atoms. The van der Waals surface area contributed by atoms with Crippen LogP contribution in [-0.2, 0) is 9.53 Å². The molecule has 0 saturated carbocycles. The van der Waals surface area contributed by atoms with Gasteiger partial charge in [-0.25, -0.2) is 9.98 Å². The molecule has 1 heterocycles. The molecule has 0 aromatic rings. The number of aliphatic imine (C=N–C) groups is 2. The highest BCUT2D eigenvalue weighted by Gasteiger charge is 2.34. The number of nitrogens with one attached hydrogen (secondary N) is 1. The first-order chi connectivity index (χ1) is 8.42. The number of carbonyl (C=O) groups is 1. The largest absolute Gasteiger partial charge is 0.483 e. The van der Waals surface area contributed by atoms with E-state index in [1.54, 1.807) is 19.9 Å². The van der Waals surface area contributed by atoms with Crippen molar-refractivity contribution in [1.82, 2.24) is 5.32 Å². The number of hydrogen-bond donors (Lipinski definition) is 2. The molecule has 0 aliphatic carbocycles. The van der Waals surface area contributed by atoms with Crippen LogP contribution in [0.25, 0.3) is 0 Å². The topological polar surface area (TPSA) is 107 Å². The van der Waals surface area contributed by atoms with Crippen molar-refractivity contribution in [3.8, 4) is 6.07 Å². The molecular weight excluding hydrogens is 236 g/mol. The molecule has 7 heteroatoms. The molecule has 0 fully saturated rings. The number of aliphatic hydroxyl groups is 1. The fraction of sp³-hybridized carbons (Fsp3) is 0.455. The number of carbonyl (C=O) groups excluding carboxylic acids is 1. The molecule has 96 valence electrons. The van der Waals surface area contributed by atoms with Crippen molar-refractivity contribution in [2.24, 2.45) is 9.98 Å². The highest BCUT2D eigenvalue weighted by atomic mass is 16.5. The van der Waals surface area contributed by atoms with Gasteiger partial charge in [0.2, 0.25) is 0 Å². The van der Waals surface area contributed by atoms with E-state index in [1.807, 2.05) is 0 Å². The van der Waals surface area contributed by atoms with Gasteiger partial charge in [0.25, 0.3) is 5.91 Å². The third kappa shape index (κ3) is 2.93. The van der Waals surface area contributed by atoms with Gasteiger partial charge in [-0.05, 0) is 20.8 Å². The van der Waals surface area contributed by atoms with E-state index in [-0.39, 0.29) is 17.1 Å². The van der Waals surface area contributed by atoms with Crippen molar-refractivity contribution in [2.75, 3.05) is 6.61 Å². The van der Waals surface area contributed by atoms with Gasteiger partial charge in [-0.15, -0.1) is 0 Å². The number of rotatable bonds is 3. The number of allylic oxidation sites excluding steroid dienone is 1. The molecule has 0 aromatic carbocycles. The number of nitrogens with zero attached hydrogens (tertiary/aromatic N) is 3. The zero-order valence-corrected chi connectivity index (χ0v) is 10.4. The zero-order chi connectivity index (χ0) is 13.8. The van der Waals surface area contributed by atoms with Gasteiger partial charge >= 0.3 is 0 Å². The second kappa shape index (κ2) is 5.42. The minimum absolute atomic E-state index is 0.141. The molecule has 1 unspecified atom stereocenters. The van der Waals surface area contributed by atoms with Crippen LogP contribution in [0.5, 0.6) is 0 Å². The van der Waals surface area contributed by atoms with Gasteiger partial charge in [-0.1, -0.05) is 0 Å². The average Bonchev–Trinajstić information content (AvgIpc) is 2.30. The lowest BCUT2D eigenvalue weighted by molar-refractivity contribution is -0.122. The molecule has 0 radical (unpaired) electrons. The Morgan fingerprint density at radius 1 is 1.78 bits per heavy atom. The summed E-state index contributed by atoms with van der Waals surface area (Å²) in [5, 5.41) is 21.0. The van der Waals surface area contributed by atoms with E-state index in [2.05, 4.69) is 15.3 Å². The lowest BCUT2D eigenvalue weighted by atomic mass is 10.1. The lowest BCUT2D eigenvalue weighted by Crippen LogP contribution is -2.54. The van der Waals surface area contributed by atoms with Gasteiger partial charge in [-0.2, -0.15) is 5.26 Å². The standard InChI is InChI=1S/C11H14N4O3/c1-4-18-6-13-8(5-12)9-10(16)15-11(3,17)7(2)14-9/h6,17H,4H2,1-3H3,(H,15,16)/b9-8-,13-6?. The molecule has 0 spiro atoms. The van der Waals surface area contributed by atoms with Gasteiger partial charge in [0.15, 0.2) is 23.5 Å². The molecule has 0 saturated heterocycles. The van der Waals surface area contributed by atoms with E-state index < -0.39 is 11.6 Å². The molecule has 18 heavy (non-hydrogen) atoms. The SMILES string of the molecule is CCOC=N/C(C#N)=C1\N=C(C)C(C)(O)NC1=O. The van der Waals surface area contributed by atoms with Gasteiger partial charge in [0, 0.05) is 0 Å². The maximum absolute atomic E-state index is 11.7. The lowest BCUT2D eigenvalue weighted by Gasteiger charge is -2.28. The maximum Gasteiger partial charge on any atom is 0.275 e. The second-order valence-corrected chi connectivity index (χ2v) is 3.72. The summed E-state index contributed by atoms with van der Waals surface area (Å²) >= 11 is 0. The van der Waals surface area contributed by atoms with Gasteiger partial charge in [0.05, 0.1) is 12.3 Å². The van der Waals surface area contributed by atoms with Gasteiger partial charge in [0.1, 0.15) is 6.07 Å². The second-order valence-electron chi connectivity index (χ2n) is 3.72. The van der Waals surface area contributed by atoms with Crippen LogP contribution in [0.1, 0.15) is 20.8 Å². The Morgan fingerprint density at radius 3 is 3.00 bits per heavy atom. The molecule has 2 N–H and O–H groups in total. The molecule has 1 atom stereocenters. The number of amides is 1. The maximum atomic E-state index is 11.7. The fourth-order valence-electron chi connectivity index (χ4n) is 1.17. The Balaban J connectivity index is 3.17. The first-order valence-corrected chi connectivity index (χ1v) is 5.31. The molecular formula is C11H14N4O3.